The zero-order chi connectivity index (χ0) is 10.3. The number of rotatable bonds is 2. The lowest BCUT2D eigenvalue weighted by Gasteiger charge is -2.00. The summed E-state index contributed by atoms with van der Waals surface area (Å²) in [7, 11) is 0. The third kappa shape index (κ3) is 1.13. The zero-order valence-electron chi connectivity index (χ0n) is 8.14. The molecular formula is C10H11N5. The molecule has 0 amide bonds. The summed E-state index contributed by atoms with van der Waals surface area (Å²) >= 11 is 0. The van der Waals surface area contributed by atoms with Crippen molar-refractivity contribution in [3.63, 3.8) is 0 Å². The smallest absolute Gasteiger partial charge is 0.154 e. The van der Waals surface area contributed by atoms with Gasteiger partial charge in [-0.05, 0) is 12.6 Å². The average molecular weight is 201 g/mol. The normalized spacial score (nSPS) is 11.5. The summed E-state index contributed by atoms with van der Waals surface area (Å²) in [4.78, 5) is 11.7. The van der Waals surface area contributed by atoms with E-state index in [2.05, 4.69) is 19.4 Å². The average Bonchev–Trinajstić information content (AvgIpc) is 2.83. The van der Waals surface area contributed by atoms with Gasteiger partial charge in [-0.15, -0.1) is 0 Å². The van der Waals surface area contributed by atoms with E-state index in [1.807, 2.05) is 24.7 Å². The fourth-order valence-electron chi connectivity index (χ4n) is 1.85. The minimum absolute atomic E-state index is 0.605. The summed E-state index contributed by atoms with van der Waals surface area (Å²) in [5.74, 6) is 0.986. The minimum Gasteiger partial charge on any atom is -0.345 e. The SMILES string of the molecule is NCCc1ncc2cnc3[nH]ccc3n12. The van der Waals surface area contributed by atoms with Crippen molar-refractivity contribution in [3.05, 3.63) is 30.5 Å². The fraction of sp³-hybridized carbons (Fsp3) is 0.200. The number of imidazole rings is 1. The van der Waals surface area contributed by atoms with Crippen LogP contribution in [0.15, 0.2) is 24.7 Å². The molecule has 0 atom stereocenters. The Labute approximate surface area is 85.9 Å². The summed E-state index contributed by atoms with van der Waals surface area (Å²) < 4.78 is 2.09. The largest absolute Gasteiger partial charge is 0.345 e. The van der Waals surface area contributed by atoms with Crippen LogP contribution in [0.4, 0.5) is 0 Å². The van der Waals surface area contributed by atoms with Crippen molar-refractivity contribution in [2.45, 2.75) is 6.42 Å². The highest BCUT2D eigenvalue weighted by Gasteiger charge is 2.07. The van der Waals surface area contributed by atoms with Crippen molar-refractivity contribution in [3.8, 4) is 0 Å². The minimum atomic E-state index is 0.605. The highest BCUT2D eigenvalue weighted by Crippen LogP contribution is 2.15. The van der Waals surface area contributed by atoms with Gasteiger partial charge in [0.1, 0.15) is 5.82 Å². The number of hydrogen-bond acceptors (Lipinski definition) is 3. The van der Waals surface area contributed by atoms with Gasteiger partial charge in [0.05, 0.1) is 23.4 Å². The molecule has 5 nitrogen and oxygen atoms in total. The number of fused-ring (bicyclic) bond motifs is 3. The van der Waals surface area contributed by atoms with E-state index in [4.69, 9.17) is 5.73 Å². The van der Waals surface area contributed by atoms with Crippen molar-refractivity contribution < 1.29 is 0 Å². The van der Waals surface area contributed by atoms with Crippen LogP contribution in [0, 0.1) is 0 Å². The third-order valence-corrected chi connectivity index (χ3v) is 2.50. The van der Waals surface area contributed by atoms with Crippen LogP contribution in [0.3, 0.4) is 0 Å². The Balaban J connectivity index is 2.41. The Hall–Kier alpha value is -1.88. The first-order chi connectivity index (χ1) is 7.40. The van der Waals surface area contributed by atoms with Gasteiger partial charge < -0.3 is 10.7 Å². The number of hydrogen-bond donors (Lipinski definition) is 2. The number of nitrogens with one attached hydrogen (secondary N) is 1. The van der Waals surface area contributed by atoms with E-state index in [-0.39, 0.29) is 0 Å². The lowest BCUT2D eigenvalue weighted by Crippen LogP contribution is -2.06. The lowest BCUT2D eigenvalue weighted by molar-refractivity contribution is 0.873. The van der Waals surface area contributed by atoms with Gasteiger partial charge in [0.25, 0.3) is 0 Å². The van der Waals surface area contributed by atoms with Crippen molar-refractivity contribution in [2.75, 3.05) is 6.54 Å². The van der Waals surface area contributed by atoms with E-state index >= 15 is 0 Å². The Morgan fingerprint density at radius 1 is 1.33 bits per heavy atom. The Bertz CT molecular complexity index is 606. The summed E-state index contributed by atoms with van der Waals surface area (Å²) in [6, 6.07) is 2.00. The van der Waals surface area contributed by atoms with Crippen LogP contribution in [0.1, 0.15) is 5.82 Å². The predicted octanol–water partition coefficient (Wildman–Crippen LogP) is 0.712. The van der Waals surface area contributed by atoms with Crippen LogP contribution in [0.2, 0.25) is 0 Å². The summed E-state index contributed by atoms with van der Waals surface area (Å²) in [5.41, 5.74) is 8.48. The van der Waals surface area contributed by atoms with Crippen molar-refractivity contribution in [2.24, 2.45) is 5.73 Å². The number of H-pyrrole nitrogens is 1. The molecule has 0 aliphatic rings. The van der Waals surface area contributed by atoms with Crippen LogP contribution in [0.25, 0.3) is 16.7 Å². The monoisotopic (exact) mass is 201 g/mol. The maximum absolute atomic E-state index is 5.55. The first-order valence-electron chi connectivity index (χ1n) is 4.88. The van der Waals surface area contributed by atoms with Crippen molar-refractivity contribution in [1.82, 2.24) is 19.4 Å². The van der Waals surface area contributed by atoms with Crippen LogP contribution >= 0.6 is 0 Å². The van der Waals surface area contributed by atoms with E-state index in [1.54, 1.807) is 0 Å². The fourth-order valence-corrected chi connectivity index (χ4v) is 1.85. The molecule has 0 saturated carbocycles. The summed E-state index contributed by atoms with van der Waals surface area (Å²) in [6.45, 7) is 0.605. The quantitative estimate of drug-likeness (QED) is 0.641. The molecule has 0 aliphatic carbocycles. The molecule has 0 fully saturated rings. The molecule has 15 heavy (non-hydrogen) atoms. The number of aromatic nitrogens is 4. The molecule has 76 valence electrons. The Morgan fingerprint density at radius 2 is 2.20 bits per heavy atom. The van der Waals surface area contributed by atoms with Gasteiger partial charge in [-0.25, -0.2) is 9.97 Å². The maximum atomic E-state index is 5.55. The topological polar surface area (TPSA) is 72.0 Å². The molecule has 3 N–H and O–H groups in total. The van der Waals surface area contributed by atoms with Crippen molar-refractivity contribution >= 4 is 16.7 Å². The summed E-state index contributed by atoms with van der Waals surface area (Å²) in [6.07, 6.45) is 6.29. The van der Waals surface area contributed by atoms with E-state index in [9.17, 15) is 0 Å². The van der Waals surface area contributed by atoms with Gasteiger partial charge in [0, 0.05) is 12.6 Å². The number of nitrogens with zero attached hydrogens (tertiary/aromatic N) is 3. The molecule has 0 radical (unpaired) electrons. The van der Waals surface area contributed by atoms with Crippen LogP contribution < -0.4 is 5.73 Å². The summed E-state index contributed by atoms with van der Waals surface area (Å²) in [5, 5.41) is 0. The van der Waals surface area contributed by atoms with E-state index in [0.717, 1.165) is 28.9 Å². The first kappa shape index (κ1) is 8.43. The maximum Gasteiger partial charge on any atom is 0.154 e. The van der Waals surface area contributed by atoms with Crippen LogP contribution in [-0.2, 0) is 6.42 Å². The van der Waals surface area contributed by atoms with Gasteiger partial charge >= 0.3 is 0 Å². The standard InChI is InChI=1S/C10H11N5/c11-3-1-9-13-5-7-6-14-10-8(15(7)9)2-4-12-10/h2,4-6,12H,1,3,11H2. The second kappa shape index (κ2) is 3.06. The highest BCUT2D eigenvalue weighted by atomic mass is 15.1. The second-order valence-corrected chi connectivity index (χ2v) is 3.44. The molecule has 3 aromatic heterocycles. The van der Waals surface area contributed by atoms with Gasteiger partial charge in [-0.1, -0.05) is 0 Å². The van der Waals surface area contributed by atoms with Crippen LogP contribution in [-0.4, -0.2) is 25.9 Å². The molecule has 0 aliphatic heterocycles. The zero-order valence-corrected chi connectivity index (χ0v) is 8.14. The van der Waals surface area contributed by atoms with Crippen LogP contribution in [0.5, 0.6) is 0 Å². The van der Waals surface area contributed by atoms with Gasteiger partial charge in [-0.2, -0.15) is 0 Å². The van der Waals surface area contributed by atoms with Gasteiger partial charge in [0.15, 0.2) is 5.65 Å². The predicted molar refractivity (Wildman–Crippen MR) is 57.6 cm³/mol. The van der Waals surface area contributed by atoms with Crippen molar-refractivity contribution in [1.29, 1.82) is 0 Å². The molecule has 5 heteroatoms. The molecular weight excluding hydrogens is 190 g/mol. The molecule has 0 bridgehead atoms. The van der Waals surface area contributed by atoms with E-state index in [0.29, 0.717) is 6.54 Å². The molecule has 0 unspecified atom stereocenters. The third-order valence-electron chi connectivity index (χ3n) is 2.50. The second-order valence-electron chi connectivity index (χ2n) is 3.44. The molecule has 0 aromatic carbocycles. The molecule has 3 aromatic rings. The molecule has 0 spiro atoms. The van der Waals surface area contributed by atoms with E-state index in [1.165, 1.54) is 0 Å². The molecule has 3 rings (SSSR count). The Morgan fingerprint density at radius 3 is 3.07 bits per heavy atom. The number of aromatic amines is 1. The lowest BCUT2D eigenvalue weighted by atomic mass is 10.4. The Kier molecular flexibility index (Phi) is 1.72. The van der Waals surface area contributed by atoms with Gasteiger partial charge in [-0.3, -0.25) is 4.40 Å². The highest BCUT2D eigenvalue weighted by molar-refractivity contribution is 5.75. The number of nitrogens with two attached hydrogens (primary N) is 1. The molecule has 0 saturated heterocycles. The molecule has 3 heterocycles. The van der Waals surface area contributed by atoms with Gasteiger partial charge in [0.2, 0.25) is 0 Å². The van der Waals surface area contributed by atoms with E-state index < -0.39 is 0 Å². The first-order valence-corrected chi connectivity index (χ1v) is 4.88.